The van der Waals surface area contributed by atoms with Gasteiger partial charge in [-0.3, -0.25) is 4.98 Å². The average Bonchev–Trinajstić information content (AvgIpc) is 2.81. The summed E-state index contributed by atoms with van der Waals surface area (Å²) in [5.41, 5.74) is 5.05. The van der Waals surface area contributed by atoms with E-state index in [4.69, 9.17) is 11.6 Å². The second-order valence-electron chi connectivity index (χ2n) is 7.61. The first kappa shape index (κ1) is 20.8. The van der Waals surface area contributed by atoms with Crippen LogP contribution >= 0.6 is 23.5 Å². The molecule has 0 saturated heterocycles. The molecule has 0 amide bonds. The number of pyridine rings is 1. The normalized spacial score (nSPS) is 13.7. The standard InChI is InChI=1S/C25H20ClN3O2S/c26-18-9-10-21-20(13-18)24(28-22-8-4-3-7-19(22)25(30)31)23(14-27-21)32-29-12-11-16-5-1-2-6-17(16)15-29/h1-10,13-14H,11-12,15H2,(H,27,28)(H,30,31). The molecule has 0 unspecified atom stereocenters. The molecule has 1 aliphatic rings. The van der Waals surface area contributed by atoms with Crippen LogP contribution in [-0.4, -0.2) is 26.9 Å². The Labute approximate surface area is 195 Å². The number of carbonyl (C=O) groups is 1. The second-order valence-corrected chi connectivity index (χ2v) is 9.18. The van der Waals surface area contributed by atoms with Crippen molar-refractivity contribution in [2.45, 2.75) is 17.9 Å². The smallest absolute Gasteiger partial charge is 0.337 e. The molecule has 0 saturated carbocycles. The first-order valence-corrected chi connectivity index (χ1v) is 11.4. The lowest BCUT2D eigenvalue weighted by atomic mass is 10.0. The number of para-hydroxylation sites is 1. The molecule has 160 valence electrons. The number of carboxylic acid groups (broad SMARTS) is 1. The molecule has 0 spiro atoms. The summed E-state index contributed by atoms with van der Waals surface area (Å²) in [6, 6.07) is 21.0. The summed E-state index contributed by atoms with van der Waals surface area (Å²) in [6.07, 6.45) is 2.83. The van der Waals surface area contributed by atoms with Gasteiger partial charge in [-0.15, -0.1) is 0 Å². The van der Waals surface area contributed by atoms with Crippen LogP contribution in [0.3, 0.4) is 0 Å². The highest BCUT2D eigenvalue weighted by molar-refractivity contribution is 7.97. The molecule has 1 aliphatic heterocycles. The predicted octanol–water partition coefficient (Wildman–Crippen LogP) is 6.40. The van der Waals surface area contributed by atoms with Gasteiger partial charge in [-0.1, -0.05) is 48.0 Å². The lowest BCUT2D eigenvalue weighted by Crippen LogP contribution is -2.24. The monoisotopic (exact) mass is 461 g/mol. The van der Waals surface area contributed by atoms with Crippen LogP contribution in [0.5, 0.6) is 0 Å². The van der Waals surface area contributed by atoms with Crippen molar-refractivity contribution in [2.75, 3.05) is 11.9 Å². The molecule has 0 bridgehead atoms. The Morgan fingerprint density at radius 2 is 1.84 bits per heavy atom. The van der Waals surface area contributed by atoms with Crippen LogP contribution in [0.4, 0.5) is 11.4 Å². The van der Waals surface area contributed by atoms with Gasteiger partial charge < -0.3 is 10.4 Å². The minimum absolute atomic E-state index is 0.211. The van der Waals surface area contributed by atoms with Gasteiger partial charge >= 0.3 is 5.97 Å². The first-order valence-electron chi connectivity index (χ1n) is 10.3. The third kappa shape index (κ3) is 4.17. The third-order valence-corrected chi connectivity index (χ3v) is 6.85. The summed E-state index contributed by atoms with van der Waals surface area (Å²) in [5, 5.41) is 14.5. The summed E-state index contributed by atoms with van der Waals surface area (Å²) in [7, 11) is 0. The molecule has 0 fully saturated rings. The summed E-state index contributed by atoms with van der Waals surface area (Å²) in [6.45, 7) is 1.75. The number of carboxylic acids is 1. The lowest BCUT2D eigenvalue weighted by Gasteiger charge is -2.28. The first-order chi connectivity index (χ1) is 15.6. The molecule has 0 atom stereocenters. The van der Waals surface area contributed by atoms with Crippen molar-refractivity contribution in [2.24, 2.45) is 0 Å². The van der Waals surface area contributed by atoms with Gasteiger partial charge in [-0.25, -0.2) is 9.10 Å². The number of hydrogen-bond donors (Lipinski definition) is 2. The van der Waals surface area contributed by atoms with E-state index in [2.05, 4.69) is 38.9 Å². The molecule has 1 aromatic heterocycles. The van der Waals surface area contributed by atoms with Crippen LogP contribution in [0.15, 0.2) is 77.8 Å². The minimum Gasteiger partial charge on any atom is -0.478 e. The van der Waals surface area contributed by atoms with Crippen molar-refractivity contribution in [1.29, 1.82) is 0 Å². The Balaban J connectivity index is 1.55. The molecule has 5 nitrogen and oxygen atoms in total. The largest absolute Gasteiger partial charge is 0.478 e. The van der Waals surface area contributed by atoms with Crippen molar-refractivity contribution in [3.05, 3.63) is 94.6 Å². The number of nitrogens with one attached hydrogen (secondary N) is 1. The van der Waals surface area contributed by atoms with Gasteiger partial charge in [0.25, 0.3) is 0 Å². The molecule has 0 aliphatic carbocycles. The number of nitrogens with zero attached hydrogens (tertiary/aromatic N) is 2. The van der Waals surface area contributed by atoms with E-state index in [0.29, 0.717) is 10.7 Å². The minimum atomic E-state index is -0.980. The predicted molar refractivity (Wildman–Crippen MR) is 130 cm³/mol. The molecule has 3 aromatic carbocycles. The van der Waals surface area contributed by atoms with Crippen molar-refractivity contribution in [3.8, 4) is 0 Å². The lowest BCUT2D eigenvalue weighted by molar-refractivity contribution is 0.0698. The average molecular weight is 462 g/mol. The Kier molecular flexibility index (Phi) is 5.74. The fourth-order valence-corrected chi connectivity index (χ4v) is 5.13. The fraction of sp³-hybridized carbons (Fsp3) is 0.120. The maximum atomic E-state index is 11.8. The van der Waals surface area contributed by atoms with E-state index in [9.17, 15) is 9.90 Å². The zero-order chi connectivity index (χ0) is 22.1. The zero-order valence-corrected chi connectivity index (χ0v) is 18.7. The number of fused-ring (bicyclic) bond motifs is 2. The zero-order valence-electron chi connectivity index (χ0n) is 17.1. The highest BCUT2D eigenvalue weighted by Gasteiger charge is 2.20. The number of aromatic nitrogens is 1. The van der Waals surface area contributed by atoms with E-state index in [0.717, 1.165) is 41.0 Å². The van der Waals surface area contributed by atoms with Crippen LogP contribution in [0.25, 0.3) is 10.9 Å². The topological polar surface area (TPSA) is 65.5 Å². The van der Waals surface area contributed by atoms with E-state index < -0.39 is 5.97 Å². The Bertz CT molecular complexity index is 1330. The van der Waals surface area contributed by atoms with Crippen LogP contribution in [-0.2, 0) is 13.0 Å². The van der Waals surface area contributed by atoms with E-state index in [1.54, 1.807) is 36.2 Å². The van der Waals surface area contributed by atoms with E-state index >= 15 is 0 Å². The van der Waals surface area contributed by atoms with Gasteiger partial charge in [0.2, 0.25) is 0 Å². The maximum Gasteiger partial charge on any atom is 0.337 e. The van der Waals surface area contributed by atoms with Gasteiger partial charge in [0.1, 0.15) is 0 Å². The summed E-state index contributed by atoms with van der Waals surface area (Å²) < 4.78 is 2.31. The SMILES string of the molecule is O=C(O)c1ccccc1Nc1c(SN2CCc3ccccc3C2)cnc2ccc(Cl)cc12. The molecule has 4 aromatic rings. The van der Waals surface area contributed by atoms with Crippen LogP contribution < -0.4 is 5.32 Å². The van der Waals surface area contributed by atoms with Crippen LogP contribution in [0, 0.1) is 0 Å². The van der Waals surface area contributed by atoms with E-state index in [-0.39, 0.29) is 5.56 Å². The molecule has 5 rings (SSSR count). The molecule has 0 radical (unpaired) electrons. The van der Waals surface area contributed by atoms with E-state index in [1.165, 1.54) is 11.1 Å². The summed E-state index contributed by atoms with van der Waals surface area (Å²) >= 11 is 7.94. The van der Waals surface area contributed by atoms with Gasteiger partial charge in [-0.05, 0) is 59.8 Å². The molecule has 32 heavy (non-hydrogen) atoms. The highest BCUT2D eigenvalue weighted by atomic mass is 35.5. The number of benzene rings is 3. The van der Waals surface area contributed by atoms with Crippen molar-refractivity contribution in [1.82, 2.24) is 9.29 Å². The fourth-order valence-electron chi connectivity index (χ4n) is 3.94. The summed E-state index contributed by atoms with van der Waals surface area (Å²) in [4.78, 5) is 17.3. The molecule has 7 heteroatoms. The molecule has 2 N–H and O–H groups in total. The Morgan fingerprint density at radius 1 is 1.06 bits per heavy atom. The molecular formula is C25H20ClN3O2S. The number of halogens is 1. The van der Waals surface area contributed by atoms with Crippen molar-refractivity contribution < 1.29 is 9.90 Å². The third-order valence-electron chi connectivity index (χ3n) is 5.54. The van der Waals surface area contributed by atoms with Crippen molar-refractivity contribution >= 4 is 51.8 Å². The quantitative estimate of drug-likeness (QED) is 0.335. The van der Waals surface area contributed by atoms with Crippen LogP contribution in [0.2, 0.25) is 5.02 Å². The maximum absolute atomic E-state index is 11.8. The Hall–Kier alpha value is -3.06. The number of aromatic carboxylic acids is 1. The van der Waals surface area contributed by atoms with Gasteiger partial charge in [0, 0.05) is 29.7 Å². The van der Waals surface area contributed by atoms with Crippen molar-refractivity contribution in [3.63, 3.8) is 0 Å². The van der Waals surface area contributed by atoms with Gasteiger partial charge in [0.05, 0.1) is 27.4 Å². The Morgan fingerprint density at radius 3 is 2.69 bits per heavy atom. The van der Waals surface area contributed by atoms with Gasteiger partial charge in [0.15, 0.2) is 0 Å². The molecular weight excluding hydrogens is 442 g/mol. The number of rotatable bonds is 5. The van der Waals surface area contributed by atoms with E-state index in [1.807, 2.05) is 24.4 Å². The summed E-state index contributed by atoms with van der Waals surface area (Å²) in [5.74, 6) is -0.980. The highest BCUT2D eigenvalue weighted by Crippen LogP contribution is 2.39. The number of anilines is 2. The molecule has 2 heterocycles. The second kappa shape index (κ2) is 8.82. The van der Waals surface area contributed by atoms with Crippen LogP contribution in [0.1, 0.15) is 21.5 Å². The van der Waals surface area contributed by atoms with Gasteiger partial charge in [-0.2, -0.15) is 0 Å². The number of hydrogen-bond acceptors (Lipinski definition) is 5.